The summed E-state index contributed by atoms with van der Waals surface area (Å²) in [6.07, 6.45) is 0. The van der Waals surface area contributed by atoms with Crippen LogP contribution in [0.25, 0.3) is 0 Å². The number of rotatable bonds is 7. The van der Waals surface area contributed by atoms with Crippen molar-refractivity contribution in [1.29, 1.82) is 0 Å². The molecule has 1 atom stereocenters. The van der Waals surface area contributed by atoms with E-state index in [1.807, 2.05) is 6.92 Å². The van der Waals surface area contributed by atoms with Gasteiger partial charge in [0.05, 0.1) is 0 Å². The van der Waals surface area contributed by atoms with Crippen molar-refractivity contribution in [3.63, 3.8) is 0 Å². The van der Waals surface area contributed by atoms with Crippen LogP contribution in [-0.2, 0) is 4.79 Å². The summed E-state index contributed by atoms with van der Waals surface area (Å²) in [7, 11) is 0. The maximum absolute atomic E-state index is 11.1. The molecule has 18 heavy (non-hydrogen) atoms. The Labute approximate surface area is 110 Å². The van der Waals surface area contributed by atoms with Gasteiger partial charge in [-0.2, -0.15) is 0 Å². The lowest BCUT2D eigenvalue weighted by molar-refractivity contribution is -0.140. The van der Waals surface area contributed by atoms with Crippen molar-refractivity contribution in [2.45, 2.75) is 26.8 Å². The lowest BCUT2D eigenvalue weighted by Crippen LogP contribution is -2.53. The quantitative estimate of drug-likeness (QED) is 0.688. The smallest absolute Gasteiger partial charge is 0.322 e. The van der Waals surface area contributed by atoms with Gasteiger partial charge in [0.25, 0.3) is 0 Å². The lowest BCUT2D eigenvalue weighted by Gasteiger charge is -2.36. The molecule has 1 unspecified atom stereocenters. The molecular weight excluding hydrogens is 230 g/mol. The Morgan fingerprint density at radius 1 is 1.17 bits per heavy atom. The van der Waals surface area contributed by atoms with E-state index in [-0.39, 0.29) is 0 Å². The molecule has 0 spiro atoms. The fraction of sp³-hybridized carbons (Fsp3) is 0.923. The van der Waals surface area contributed by atoms with Gasteiger partial charge in [-0.05, 0) is 12.5 Å². The molecule has 5 nitrogen and oxygen atoms in total. The maximum Gasteiger partial charge on any atom is 0.322 e. The van der Waals surface area contributed by atoms with E-state index in [9.17, 15) is 4.79 Å². The Morgan fingerprint density at radius 2 is 1.67 bits per heavy atom. The van der Waals surface area contributed by atoms with Gasteiger partial charge in [0.15, 0.2) is 0 Å². The molecule has 0 aromatic rings. The van der Waals surface area contributed by atoms with E-state index < -0.39 is 12.0 Å². The van der Waals surface area contributed by atoms with Crippen LogP contribution in [0.15, 0.2) is 0 Å². The monoisotopic (exact) mass is 257 g/mol. The summed E-state index contributed by atoms with van der Waals surface area (Å²) in [4.78, 5) is 15.8. The number of hydrogen-bond acceptors (Lipinski definition) is 4. The van der Waals surface area contributed by atoms with Gasteiger partial charge in [-0.15, -0.1) is 0 Å². The summed E-state index contributed by atoms with van der Waals surface area (Å²) in [5.74, 6) is -0.0495. The normalized spacial score (nSPS) is 20.2. The number of nitrogens with one attached hydrogen (secondary N) is 1. The van der Waals surface area contributed by atoms with Crippen LogP contribution in [0, 0.1) is 5.92 Å². The van der Waals surface area contributed by atoms with Gasteiger partial charge in [-0.25, -0.2) is 0 Å². The van der Waals surface area contributed by atoms with Crippen LogP contribution in [0.2, 0.25) is 0 Å². The van der Waals surface area contributed by atoms with E-state index >= 15 is 0 Å². The maximum atomic E-state index is 11.1. The van der Waals surface area contributed by atoms with E-state index in [1.165, 1.54) is 0 Å². The number of carboxylic acids is 1. The highest BCUT2D eigenvalue weighted by Crippen LogP contribution is 2.06. The van der Waals surface area contributed by atoms with E-state index in [0.29, 0.717) is 19.0 Å². The first-order valence-electron chi connectivity index (χ1n) is 6.93. The molecule has 0 aromatic heterocycles. The molecule has 0 bridgehead atoms. The van der Waals surface area contributed by atoms with E-state index in [2.05, 4.69) is 29.0 Å². The van der Waals surface area contributed by atoms with Crippen LogP contribution in [0.1, 0.15) is 20.8 Å². The van der Waals surface area contributed by atoms with Crippen LogP contribution in [-0.4, -0.2) is 72.7 Å². The number of aliphatic carboxylic acids is 1. The molecule has 0 amide bonds. The zero-order chi connectivity index (χ0) is 13.5. The second-order valence-electron chi connectivity index (χ2n) is 5.44. The van der Waals surface area contributed by atoms with Crippen molar-refractivity contribution < 1.29 is 9.90 Å². The Balaban J connectivity index is 2.31. The largest absolute Gasteiger partial charge is 0.480 e. The second kappa shape index (κ2) is 7.71. The molecule has 0 aliphatic carbocycles. The third-order valence-electron chi connectivity index (χ3n) is 3.28. The minimum absolute atomic E-state index is 0.438. The van der Waals surface area contributed by atoms with Crippen molar-refractivity contribution in [2.24, 2.45) is 5.92 Å². The summed E-state index contributed by atoms with van der Waals surface area (Å²) in [6.45, 7) is 12.9. The Kier molecular flexibility index (Phi) is 6.60. The molecule has 1 aliphatic rings. The number of carbonyl (C=O) groups is 1. The fourth-order valence-electron chi connectivity index (χ4n) is 2.41. The molecular formula is C13H27N3O2. The van der Waals surface area contributed by atoms with Crippen LogP contribution in [0.5, 0.6) is 0 Å². The molecule has 0 aromatic carbocycles. The van der Waals surface area contributed by atoms with E-state index in [1.54, 1.807) is 0 Å². The van der Waals surface area contributed by atoms with Crippen LogP contribution in [0.4, 0.5) is 0 Å². The van der Waals surface area contributed by atoms with E-state index in [4.69, 9.17) is 5.11 Å². The minimum atomic E-state index is -0.749. The Morgan fingerprint density at radius 3 is 2.06 bits per heavy atom. The number of carboxylic acid groups (broad SMARTS) is 1. The molecule has 106 valence electrons. The molecule has 1 heterocycles. The SMILES string of the molecule is CCNC(CN1CCN(CC(C)C)CC1)C(=O)O. The number of piperazine rings is 1. The Bertz CT molecular complexity index is 251. The Hall–Kier alpha value is -0.650. The zero-order valence-corrected chi connectivity index (χ0v) is 11.9. The highest BCUT2D eigenvalue weighted by molar-refractivity contribution is 5.73. The molecule has 1 aliphatic heterocycles. The molecule has 1 saturated heterocycles. The topological polar surface area (TPSA) is 55.8 Å². The first-order chi connectivity index (χ1) is 8.52. The first kappa shape index (κ1) is 15.4. The third kappa shape index (κ3) is 5.33. The van der Waals surface area contributed by atoms with Crippen molar-refractivity contribution in [3.05, 3.63) is 0 Å². The predicted molar refractivity (Wildman–Crippen MR) is 72.8 cm³/mol. The summed E-state index contributed by atoms with van der Waals surface area (Å²) >= 11 is 0. The number of hydrogen-bond donors (Lipinski definition) is 2. The van der Waals surface area contributed by atoms with Crippen molar-refractivity contribution >= 4 is 5.97 Å². The minimum Gasteiger partial charge on any atom is -0.480 e. The summed E-state index contributed by atoms with van der Waals surface area (Å²) < 4.78 is 0. The van der Waals surface area contributed by atoms with Gasteiger partial charge in [-0.3, -0.25) is 9.69 Å². The standard InChI is InChI=1S/C13H27N3O2/c1-4-14-12(13(17)18)10-16-7-5-15(6-8-16)9-11(2)3/h11-12,14H,4-10H2,1-3H3,(H,17,18). The van der Waals surface area contributed by atoms with Gasteiger partial charge in [0, 0.05) is 39.3 Å². The average molecular weight is 257 g/mol. The van der Waals surface area contributed by atoms with Crippen LogP contribution < -0.4 is 5.32 Å². The third-order valence-corrected chi connectivity index (χ3v) is 3.28. The van der Waals surface area contributed by atoms with Gasteiger partial charge >= 0.3 is 5.97 Å². The van der Waals surface area contributed by atoms with Crippen LogP contribution >= 0.6 is 0 Å². The molecule has 2 N–H and O–H groups in total. The first-order valence-corrected chi connectivity index (χ1v) is 6.93. The van der Waals surface area contributed by atoms with Gasteiger partial charge in [0.1, 0.15) is 6.04 Å². The molecule has 0 radical (unpaired) electrons. The highest BCUT2D eigenvalue weighted by Gasteiger charge is 2.23. The number of likely N-dealkylation sites (N-methyl/N-ethyl adjacent to an activating group) is 1. The fourth-order valence-corrected chi connectivity index (χ4v) is 2.41. The van der Waals surface area contributed by atoms with Crippen LogP contribution in [0.3, 0.4) is 0 Å². The highest BCUT2D eigenvalue weighted by atomic mass is 16.4. The summed E-state index contributed by atoms with van der Waals surface area (Å²) in [5.41, 5.74) is 0. The van der Waals surface area contributed by atoms with Gasteiger partial charge in [-0.1, -0.05) is 20.8 Å². The predicted octanol–water partition coefficient (Wildman–Crippen LogP) is 0.323. The number of nitrogens with zero attached hydrogens (tertiary/aromatic N) is 2. The van der Waals surface area contributed by atoms with Crippen molar-refractivity contribution in [1.82, 2.24) is 15.1 Å². The van der Waals surface area contributed by atoms with Gasteiger partial charge < -0.3 is 15.3 Å². The van der Waals surface area contributed by atoms with Gasteiger partial charge in [0.2, 0.25) is 0 Å². The summed E-state index contributed by atoms with van der Waals surface area (Å²) in [6, 6.07) is -0.438. The summed E-state index contributed by atoms with van der Waals surface area (Å²) in [5, 5.41) is 12.1. The van der Waals surface area contributed by atoms with E-state index in [0.717, 1.165) is 32.7 Å². The lowest BCUT2D eigenvalue weighted by atomic mass is 10.2. The molecule has 1 rings (SSSR count). The van der Waals surface area contributed by atoms with Crippen molar-refractivity contribution in [3.8, 4) is 0 Å². The second-order valence-corrected chi connectivity index (χ2v) is 5.44. The average Bonchev–Trinajstić information content (AvgIpc) is 2.30. The molecule has 5 heteroatoms. The molecule has 0 saturated carbocycles. The van der Waals surface area contributed by atoms with Crippen molar-refractivity contribution in [2.75, 3.05) is 45.8 Å². The molecule has 1 fully saturated rings. The zero-order valence-electron chi connectivity index (χ0n) is 11.9.